The maximum absolute atomic E-state index is 6.09. The van der Waals surface area contributed by atoms with Gasteiger partial charge in [0.05, 0.1) is 10.2 Å². The first-order valence-corrected chi connectivity index (χ1v) is 10.2. The fourth-order valence-corrected chi connectivity index (χ4v) is 4.07. The smallest absolute Gasteiger partial charge is 0.174 e. The SMILES string of the molecule is CCOc1cc(CNC2CCCC2)cc(I)c1OCc1ccccc1. The monoisotopic (exact) mass is 451 g/mol. The molecule has 0 amide bonds. The second-order valence-corrected chi connectivity index (χ2v) is 7.64. The number of nitrogens with one attached hydrogen (secondary N) is 1. The van der Waals surface area contributed by atoms with Gasteiger partial charge in [0.2, 0.25) is 0 Å². The van der Waals surface area contributed by atoms with E-state index in [9.17, 15) is 0 Å². The van der Waals surface area contributed by atoms with Gasteiger partial charge in [-0.15, -0.1) is 0 Å². The van der Waals surface area contributed by atoms with Crippen LogP contribution in [0.4, 0.5) is 0 Å². The minimum atomic E-state index is 0.552. The summed E-state index contributed by atoms with van der Waals surface area (Å²) in [5.41, 5.74) is 2.42. The van der Waals surface area contributed by atoms with Crippen molar-refractivity contribution in [2.75, 3.05) is 6.61 Å². The molecule has 0 aliphatic heterocycles. The van der Waals surface area contributed by atoms with Crippen LogP contribution in [0, 0.1) is 3.57 Å². The van der Waals surface area contributed by atoms with Crippen LogP contribution in [0.2, 0.25) is 0 Å². The highest BCUT2D eigenvalue weighted by atomic mass is 127. The molecule has 1 fully saturated rings. The summed E-state index contributed by atoms with van der Waals surface area (Å²) < 4.78 is 13.0. The van der Waals surface area contributed by atoms with Crippen molar-refractivity contribution in [1.82, 2.24) is 5.32 Å². The van der Waals surface area contributed by atoms with Gasteiger partial charge in [0.15, 0.2) is 11.5 Å². The highest BCUT2D eigenvalue weighted by Crippen LogP contribution is 2.35. The van der Waals surface area contributed by atoms with E-state index in [1.165, 1.54) is 31.2 Å². The molecule has 1 aliphatic carbocycles. The molecule has 1 saturated carbocycles. The van der Waals surface area contributed by atoms with E-state index in [1.54, 1.807) is 0 Å². The summed E-state index contributed by atoms with van der Waals surface area (Å²) in [4.78, 5) is 0. The molecule has 134 valence electrons. The van der Waals surface area contributed by atoms with E-state index in [4.69, 9.17) is 9.47 Å². The quantitative estimate of drug-likeness (QED) is 0.553. The van der Waals surface area contributed by atoms with E-state index in [0.717, 1.165) is 27.2 Å². The first-order valence-electron chi connectivity index (χ1n) is 9.11. The highest BCUT2D eigenvalue weighted by Gasteiger charge is 2.16. The van der Waals surface area contributed by atoms with E-state index in [2.05, 4.69) is 52.2 Å². The van der Waals surface area contributed by atoms with Crippen LogP contribution in [0.1, 0.15) is 43.7 Å². The zero-order valence-corrected chi connectivity index (χ0v) is 16.9. The second kappa shape index (κ2) is 9.43. The van der Waals surface area contributed by atoms with Crippen LogP contribution in [-0.2, 0) is 13.2 Å². The molecule has 3 nitrogen and oxygen atoms in total. The third-order valence-corrected chi connectivity index (χ3v) is 5.35. The van der Waals surface area contributed by atoms with Gasteiger partial charge in [-0.2, -0.15) is 0 Å². The number of hydrogen-bond donors (Lipinski definition) is 1. The predicted molar refractivity (Wildman–Crippen MR) is 110 cm³/mol. The van der Waals surface area contributed by atoms with Crippen molar-refractivity contribution in [3.8, 4) is 11.5 Å². The summed E-state index contributed by atoms with van der Waals surface area (Å²) in [6, 6.07) is 15.2. The molecule has 0 bridgehead atoms. The van der Waals surface area contributed by atoms with Gasteiger partial charge in [0.25, 0.3) is 0 Å². The van der Waals surface area contributed by atoms with Crippen molar-refractivity contribution >= 4 is 22.6 Å². The maximum Gasteiger partial charge on any atom is 0.174 e. The predicted octanol–water partition coefficient (Wildman–Crippen LogP) is 5.30. The Kier molecular flexibility index (Phi) is 6.99. The third kappa shape index (κ3) is 5.35. The average molecular weight is 451 g/mol. The van der Waals surface area contributed by atoms with E-state index in [-0.39, 0.29) is 0 Å². The lowest BCUT2D eigenvalue weighted by Gasteiger charge is -2.17. The Morgan fingerprint density at radius 3 is 2.52 bits per heavy atom. The Morgan fingerprint density at radius 2 is 1.80 bits per heavy atom. The summed E-state index contributed by atoms with van der Waals surface area (Å²) >= 11 is 2.35. The van der Waals surface area contributed by atoms with Gasteiger partial charge >= 0.3 is 0 Å². The van der Waals surface area contributed by atoms with Crippen molar-refractivity contribution in [3.05, 3.63) is 57.2 Å². The number of rotatable bonds is 8. The molecule has 2 aromatic rings. The van der Waals surface area contributed by atoms with Crippen LogP contribution in [-0.4, -0.2) is 12.6 Å². The summed E-state index contributed by atoms with van der Waals surface area (Å²) in [7, 11) is 0. The molecule has 1 N–H and O–H groups in total. The van der Waals surface area contributed by atoms with Crippen LogP contribution < -0.4 is 14.8 Å². The van der Waals surface area contributed by atoms with Crippen molar-refractivity contribution in [2.45, 2.75) is 51.8 Å². The molecule has 0 saturated heterocycles. The molecule has 0 atom stereocenters. The van der Waals surface area contributed by atoms with Crippen LogP contribution in [0.15, 0.2) is 42.5 Å². The summed E-state index contributed by atoms with van der Waals surface area (Å²) in [6.45, 7) is 4.09. The van der Waals surface area contributed by atoms with Crippen molar-refractivity contribution in [2.24, 2.45) is 0 Å². The van der Waals surface area contributed by atoms with Crippen molar-refractivity contribution in [3.63, 3.8) is 0 Å². The van der Waals surface area contributed by atoms with Crippen LogP contribution in [0.3, 0.4) is 0 Å². The van der Waals surface area contributed by atoms with Crippen LogP contribution in [0.5, 0.6) is 11.5 Å². The molecular weight excluding hydrogens is 425 g/mol. The second-order valence-electron chi connectivity index (χ2n) is 6.47. The molecule has 3 rings (SSSR count). The zero-order chi connectivity index (χ0) is 17.5. The van der Waals surface area contributed by atoms with Gasteiger partial charge in [-0.1, -0.05) is 43.2 Å². The van der Waals surface area contributed by atoms with Gasteiger partial charge in [-0.3, -0.25) is 0 Å². The summed E-state index contributed by atoms with van der Waals surface area (Å²) in [5, 5.41) is 3.67. The average Bonchev–Trinajstić information content (AvgIpc) is 3.14. The lowest BCUT2D eigenvalue weighted by atomic mass is 10.1. The normalized spacial score (nSPS) is 14.6. The maximum atomic E-state index is 6.09. The molecular formula is C21H26INO2. The molecule has 1 aliphatic rings. The Balaban J connectivity index is 1.70. The largest absolute Gasteiger partial charge is 0.490 e. The van der Waals surface area contributed by atoms with Gasteiger partial charge in [-0.05, 0) is 65.6 Å². The lowest BCUT2D eigenvalue weighted by molar-refractivity contribution is 0.267. The molecule has 0 unspecified atom stereocenters. The fourth-order valence-electron chi connectivity index (χ4n) is 3.25. The Bertz CT molecular complexity index is 669. The number of ether oxygens (including phenoxy) is 2. The van der Waals surface area contributed by atoms with Gasteiger partial charge in [0.1, 0.15) is 6.61 Å². The van der Waals surface area contributed by atoms with E-state index in [0.29, 0.717) is 19.3 Å². The van der Waals surface area contributed by atoms with E-state index in [1.807, 2.05) is 25.1 Å². The van der Waals surface area contributed by atoms with Crippen molar-refractivity contribution < 1.29 is 9.47 Å². The minimum Gasteiger partial charge on any atom is -0.490 e. The zero-order valence-electron chi connectivity index (χ0n) is 14.8. The van der Waals surface area contributed by atoms with Crippen molar-refractivity contribution in [1.29, 1.82) is 0 Å². The Labute approximate surface area is 164 Å². The van der Waals surface area contributed by atoms with Gasteiger partial charge in [0, 0.05) is 12.6 Å². The first kappa shape index (κ1) is 18.5. The summed E-state index contributed by atoms with van der Waals surface area (Å²) in [5.74, 6) is 1.68. The fraction of sp³-hybridized carbons (Fsp3) is 0.429. The molecule has 0 heterocycles. The molecule has 0 spiro atoms. The molecule has 2 aromatic carbocycles. The number of benzene rings is 2. The minimum absolute atomic E-state index is 0.552. The van der Waals surface area contributed by atoms with E-state index >= 15 is 0 Å². The summed E-state index contributed by atoms with van der Waals surface area (Å²) in [6.07, 6.45) is 5.30. The molecule has 0 radical (unpaired) electrons. The van der Waals surface area contributed by atoms with E-state index < -0.39 is 0 Å². The topological polar surface area (TPSA) is 30.5 Å². The third-order valence-electron chi connectivity index (χ3n) is 4.55. The highest BCUT2D eigenvalue weighted by molar-refractivity contribution is 14.1. The Hall–Kier alpha value is -1.27. The Morgan fingerprint density at radius 1 is 1.04 bits per heavy atom. The lowest BCUT2D eigenvalue weighted by Crippen LogP contribution is -2.25. The number of hydrogen-bond acceptors (Lipinski definition) is 3. The van der Waals surface area contributed by atoms with Crippen LogP contribution in [0.25, 0.3) is 0 Å². The first-order chi connectivity index (χ1) is 12.3. The molecule has 25 heavy (non-hydrogen) atoms. The standard InChI is InChI=1S/C21H26INO2/c1-2-24-20-13-17(14-23-18-10-6-7-11-18)12-19(22)21(20)25-15-16-8-4-3-5-9-16/h3-5,8-9,12-13,18,23H,2,6-7,10-11,14-15H2,1H3. The van der Waals surface area contributed by atoms with Gasteiger partial charge in [-0.25, -0.2) is 0 Å². The number of halogens is 1. The molecule has 4 heteroatoms. The van der Waals surface area contributed by atoms with Crippen LogP contribution >= 0.6 is 22.6 Å². The molecule has 0 aromatic heterocycles. The van der Waals surface area contributed by atoms with Gasteiger partial charge < -0.3 is 14.8 Å².